The maximum Gasteiger partial charge on any atom is 0.253 e. The van der Waals surface area contributed by atoms with Crippen LogP contribution in [0, 0.1) is 12.8 Å². The number of benzene rings is 1. The molecular formula is C21H29NO3. The molecule has 2 saturated heterocycles. The minimum absolute atomic E-state index is 0.0736. The summed E-state index contributed by atoms with van der Waals surface area (Å²) in [6.07, 6.45) is 6.87. The fourth-order valence-corrected chi connectivity index (χ4v) is 4.11. The monoisotopic (exact) mass is 343 g/mol. The number of likely N-dealkylation sites (tertiary alicyclic amines) is 1. The third-order valence-electron chi connectivity index (χ3n) is 5.94. The summed E-state index contributed by atoms with van der Waals surface area (Å²) in [5, 5.41) is 0. The number of rotatable bonds is 4. The number of carbonyl (C=O) groups is 1. The molecule has 4 rings (SSSR count). The van der Waals surface area contributed by atoms with E-state index in [0.717, 1.165) is 69.0 Å². The summed E-state index contributed by atoms with van der Waals surface area (Å²) in [5.74, 6) is 0.962. The molecule has 0 aromatic heterocycles. The lowest BCUT2D eigenvalue weighted by Gasteiger charge is -2.46. The number of hydrogen-bond acceptors (Lipinski definition) is 3. The normalized spacial score (nSPS) is 26.0. The molecular weight excluding hydrogens is 314 g/mol. The molecule has 1 aromatic carbocycles. The summed E-state index contributed by atoms with van der Waals surface area (Å²) >= 11 is 0. The molecule has 3 fully saturated rings. The van der Waals surface area contributed by atoms with Gasteiger partial charge in [0.25, 0.3) is 5.91 Å². The first-order chi connectivity index (χ1) is 12.1. The van der Waals surface area contributed by atoms with Crippen LogP contribution in [-0.2, 0) is 9.47 Å². The number of amides is 1. The Morgan fingerprint density at radius 3 is 2.80 bits per heavy atom. The lowest BCUT2D eigenvalue weighted by atomic mass is 9.83. The van der Waals surface area contributed by atoms with E-state index >= 15 is 0 Å². The third-order valence-corrected chi connectivity index (χ3v) is 5.94. The van der Waals surface area contributed by atoms with Gasteiger partial charge in [-0.15, -0.1) is 0 Å². The van der Waals surface area contributed by atoms with Crippen molar-refractivity contribution < 1.29 is 14.3 Å². The summed E-state index contributed by atoms with van der Waals surface area (Å²) in [5.41, 5.74) is 1.85. The van der Waals surface area contributed by atoms with Gasteiger partial charge < -0.3 is 14.4 Å². The van der Waals surface area contributed by atoms with Crippen molar-refractivity contribution in [3.8, 4) is 0 Å². The molecule has 1 amide bonds. The van der Waals surface area contributed by atoms with E-state index in [1.165, 1.54) is 12.8 Å². The van der Waals surface area contributed by atoms with E-state index in [9.17, 15) is 4.79 Å². The molecule has 0 bridgehead atoms. The van der Waals surface area contributed by atoms with Crippen molar-refractivity contribution in [2.75, 3.05) is 26.3 Å². The number of carbonyl (C=O) groups excluding carboxylic acids is 1. The molecule has 1 aromatic rings. The van der Waals surface area contributed by atoms with E-state index in [1.807, 2.05) is 36.1 Å². The SMILES string of the molecule is Cc1cccc(C(=O)N2CCC3(CC2)CC(OCC2CC2)CCO3)c1. The van der Waals surface area contributed by atoms with Gasteiger partial charge in [-0.25, -0.2) is 0 Å². The van der Waals surface area contributed by atoms with Gasteiger partial charge in [0, 0.05) is 38.3 Å². The number of aryl methyl sites for hydroxylation is 1. The zero-order valence-electron chi connectivity index (χ0n) is 15.2. The predicted molar refractivity (Wildman–Crippen MR) is 96.7 cm³/mol. The highest BCUT2D eigenvalue weighted by atomic mass is 16.5. The summed E-state index contributed by atoms with van der Waals surface area (Å²) in [7, 11) is 0. The Morgan fingerprint density at radius 2 is 2.08 bits per heavy atom. The molecule has 136 valence electrons. The molecule has 2 aliphatic heterocycles. The Kier molecular flexibility index (Phi) is 4.83. The Hall–Kier alpha value is -1.39. The summed E-state index contributed by atoms with van der Waals surface area (Å²) in [4.78, 5) is 14.7. The second-order valence-corrected chi connectivity index (χ2v) is 8.08. The van der Waals surface area contributed by atoms with Gasteiger partial charge in [0.2, 0.25) is 0 Å². The highest BCUT2D eigenvalue weighted by Gasteiger charge is 2.42. The van der Waals surface area contributed by atoms with E-state index < -0.39 is 0 Å². The number of hydrogen-bond donors (Lipinski definition) is 0. The highest BCUT2D eigenvalue weighted by Crippen LogP contribution is 2.37. The molecule has 4 heteroatoms. The van der Waals surface area contributed by atoms with Gasteiger partial charge in [-0.3, -0.25) is 4.79 Å². The maximum atomic E-state index is 12.7. The van der Waals surface area contributed by atoms with Crippen LogP contribution in [-0.4, -0.2) is 48.8 Å². The van der Waals surface area contributed by atoms with Crippen LogP contribution in [0.4, 0.5) is 0 Å². The standard InChI is InChI=1S/C21H29NO3/c1-16-3-2-4-18(13-16)20(23)22-10-8-21(9-11-22)14-19(7-12-25-21)24-15-17-5-6-17/h2-4,13,17,19H,5-12,14-15H2,1H3. The van der Waals surface area contributed by atoms with Crippen molar-refractivity contribution in [3.05, 3.63) is 35.4 Å². The zero-order valence-corrected chi connectivity index (χ0v) is 15.2. The van der Waals surface area contributed by atoms with Crippen LogP contribution in [0.1, 0.15) is 54.4 Å². The van der Waals surface area contributed by atoms with Gasteiger partial charge >= 0.3 is 0 Å². The van der Waals surface area contributed by atoms with Crippen molar-refractivity contribution in [3.63, 3.8) is 0 Å². The fraction of sp³-hybridized carbons (Fsp3) is 0.667. The first kappa shape index (κ1) is 17.0. The van der Waals surface area contributed by atoms with Crippen molar-refractivity contribution in [1.29, 1.82) is 0 Å². The predicted octanol–water partition coefficient (Wildman–Crippen LogP) is 3.58. The molecule has 0 radical (unpaired) electrons. The van der Waals surface area contributed by atoms with E-state index in [4.69, 9.17) is 9.47 Å². The van der Waals surface area contributed by atoms with Crippen LogP contribution < -0.4 is 0 Å². The van der Waals surface area contributed by atoms with Crippen LogP contribution in [0.2, 0.25) is 0 Å². The smallest absolute Gasteiger partial charge is 0.253 e. The molecule has 1 saturated carbocycles. The Balaban J connectivity index is 1.33. The van der Waals surface area contributed by atoms with Crippen molar-refractivity contribution in [2.24, 2.45) is 5.92 Å². The van der Waals surface area contributed by atoms with Crippen LogP contribution in [0.15, 0.2) is 24.3 Å². The fourth-order valence-electron chi connectivity index (χ4n) is 4.11. The van der Waals surface area contributed by atoms with Crippen LogP contribution in [0.25, 0.3) is 0 Å². The summed E-state index contributed by atoms with van der Waals surface area (Å²) in [6, 6.07) is 7.88. The van der Waals surface area contributed by atoms with Gasteiger partial charge in [-0.2, -0.15) is 0 Å². The number of piperidine rings is 1. The van der Waals surface area contributed by atoms with Gasteiger partial charge in [0.15, 0.2) is 0 Å². The Morgan fingerprint density at radius 1 is 1.28 bits per heavy atom. The molecule has 2 heterocycles. The van der Waals surface area contributed by atoms with Crippen molar-refractivity contribution in [2.45, 2.75) is 57.2 Å². The second kappa shape index (κ2) is 7.08. The lowest BCUT2D eigenvalue weighted by molar-refractivity contribution is -0.153. The van der Waals surface area contributed by atoms with Gasteiger partial charge in [-0.05, 0) is 57.1 Å². The second-order valence-electron chi connectivity index (χ2n) is 8.08. The van der Waals surface area contributed by atoms with Gasteiger partial charge in [0.1, 0.15) is 0 Å². The molecule has 1 unspecified atom stereocenters. The summed E-state index contributed by atoms with van der Waals surface area (Å²) in [6.45, 7) is 5.31. The Bertz CT molecular complexity index is 617. The topological polar surface area (TPSA) is 38.8 Å². The quantitative estimate of drug-likeness (QED) is 0.839. The van der Waals surface area contributed by atoms with Crippen LogP contribution in [0.5, 0.6) is 0 Å². The van der Waals surface area contributed by atoms with Crippen molar-refractivity contribution in [1.82, 2.24) is 4.90 Å². The zero-order chi connectivity index (χ0) is 17.3. The average molecular weight is 343 g/mol. The summed E-state index contributed by atoms with van der Waals surface area (Å²) < 4.78 is 12.3. The molecule has 1 aliphatic carbocycles. The minimum atomic E-state index is -0.0736. The highest BCUT2D eigenvalue weighted by molar-refractivity contribution is 5.94. The molecule has 0 N–H and O–H groups in total. The van der Waals surface area contributed by atoms with Gasteiger partial charge in [0.05, 0.1) is 11.7 Å². The molecule has 25 heavy (non-hydrogen) atoms. The molecule has 1 atom stereocenters. The van der Waals surface area contributed by atoms with E-state index in [2.05, 4.69) is 0 Å². The number of ether oxygens (including phenoxy) is 2. The van der Waals surface area contributed by atoms with Crippen LogP contribution in [0.3, 0.4) is 0 Å². The minimum Gasteiger partial charge on any atom is -0.378 e. The lowest BCUT2D eigenvalue weighted by Crippen LogP contribution is -2.52. The first-order valence-corrected chi connectivity index (χ1v) is 9.75. The third kappa shape index (κ3) is 4.06. The van der Waals surface area contributed by atoms with Crippen LogP contribution >= 0.6 is 0 Å². The first-order valence-electron chi connectivity index (χ1n) is 9.75. The van der Waals surface area contributed by atoms with E-state index in [-0.39, 0.29) is 11.5 Å². The van der Waals surface area contributed by atoms with E-state index in [0.29, 0.717) is 6.10 Å². The molecule has 3 aliphatic rings. The maximum absolute atomic E-state index is 12.7. The Labute approximate surface area is 150 Å². The van der Waals surface area contributed by atoms with Gasteiger partial charge in [-0.1, -0.05) is 17.7 Å². The molecule has 1 spiro atoms. The van der Waals surface area contributed by atoms with E-state index in [1.54, 1.807) is 0 Å². The number of nitrogens with zero attached hydrogens (tertiary/aromatic N) is 1. The van der Waals surface area contributed by atoms with Crippen molar-refractivity contribution >= 4 is 5.91 Å². The average Bonchev–Trinajstić information content (AvgIpc) is 3.45. The largest absolute Gasteiger partial charge is 0.378 e. The molecule has 4 nitrogen and oxygen atoms in total.